The minimum Gasteiger partial charge on any atom is -0.456 e. The van der Waals surface area contributed by atoms with Crippen molar-refractivity contribution in [3.05, 3.63) is 88.5 Å². The average Bonchev–Trinajstić information content (AvgIpc) is 2.77. The van der Waals surface area contributed by atoms with Gasteiger partial charge in [-0.2, -0.15) is 13.2 Å². The number of primary amides is 1. The van der Waals surface area contributed by atoms with Crippen LogP contribution in [0, 0.1) is 18.6 Å². The van der Waals surface area contributed by atoms with E-state index in [-0.39, 0.29) is 29.2 Å². The van der Waals surface area contributed by atoms with Crippen LogP contribution in [0.3, 0.4) is 0 Å². The average molecular weight is 493 g/mol. The predicted octanol–water partition coefficient (Wildman–Crippen LogP) is 4.69. The highest BCUT2D eigenvalue weighted by Crippen LogP contribution is 2.35. The first kappa shape index (κ1) is 25.6. The van der Waals surface area contributed by atoms with Gasteiger partial charge in [-0.1, -0.05) is 0 Å². The third kappa shape index (κ3) is 6.33. The molecule has 0 spiro atoms. The maximum Gasteiger partial charge on any atom is 0.416 e. The lowest BCUT2D eigenvalue weighted by Crippen LogP contribution is -2.38. The Morgan fingerprint density at radius 2 is 1.69 bits per heavy atom. The number of amides is 2. The Hall–Kier alpha value is -3.99. The quantitative estimate of drug-likeness (QED) is 0.415. The van der Waals surface area contributed by atoms with Crippen molar-refractivity contribution in [1.29, 1.82) is 0 Å². The SMILES string of the molecule is Cc1cc(F)ccc1Oc1ccc(C(F)(F)F)cc1C(=O)Nc1ccc(F)c(CC(N)C(N)=O)c1. The van der Waals surface area contributed by atoms with Crippen molar-refractivity contribution in [1.82, 2.24) is 0 Å². The summed E-state index contributed by atoms with van der Waals surface area (Å²) < 4.78 is 73.1. The Morgan fingerprint density at radius 1 is 1.00 bits per heavy atom. The van der Waals surface area contributed by atoms with Gasteiger partial charge in [-0.05, 0) is 79.1 Å². The molecule has 0 aliphatic rings. The van der Waals surface area contributed by atoms with Crippen LogP contribution in [0.2, 0.25) is 0 Å². The number of rotatable bonds is 7. The van der Waals surface area contributed by atoms with E-state index < -0.39 is 46.8 Å². The van der Waals surface area contributed by atoms with Crippen LogP contribution < -0.4 is 21.5 Å². The number of halogens is 5. The number of benzene rings is 3. The maximum atomic E-state index is 14.1. The number of hydrogen-bond acceptors (Lipinski definition) is 4. The summed E-state index contributed by atoms with van der Waals surface area (Å²) in [6, 6.07) is 8.06. The summed E-state index contributed by atoms with van der Waals surface area (Å²) in [5.41, 5.74) is 9.44. The van der Waals surface area contributed by atoms with Crippen LogP contribution in [0.5, 0.6) is 11.5 Å². The Morgan fingerprint density at radius 3 is 2.31 bits per heavy atom. The fourth-order valence-electron chi connectivity index (χ4n) is 3.16. The fraction of sp³-hybridized carbons (Fsp3) is 0.167. The molecule has 184 valence electrons. The van der Waals surface area contributed by atoms with E-state index in [0.29, 0.717) is 11.6 Å². The van der Waals surface area contributed by atoms with Crippen LogP contribution >= 0.6 is 0 Å². The first-order valence-electron chi connectivity index (χ1n) is 10.1. The van der Waals surface area contributed by atoms with E-state index in [2.05, 4.69) is 5.32 Å². The second-order valence-corrected chi connectivity index (χ2v) is 7.69. The van der Waals surface area contributed by atoms with Gasteiger partial charge in [0.1, 0.15) is 23.1 Å². The molecule has 0 aliphatic heterocycles. The molecule has 0 heterocycles. The number of nitrogens with two attached hydrogens (primary N) is 2. The lowest BCUT2D eigenvalue weighted by Gasteiger charge is -2.16. The molecule has 0 fully saturated rings. The van der Waals surface area contributed by atoms with Crippen molar-refractivity contribution in [3.8, 4) is 11.5 Å². The van der Waals surface area contributed by atoms with Crippen molar-refractivity contribution in [2.45, 2.75) is 25.6 Å². The Balaban J connectivity index is 1.96. The lowest BCUT2D eigenvalue weighted by atomic mass is 10.0. The number of carbonyl (C=O) groups is 2. The zero-order valence-corrected chi connectivity index (χ0v) is 18.2. The van der Waals surface area contributed by atoms with Gasteiger partial charge in [-0.25, -0.2) is 8.78 Å². The molecule has 0 aliphatic carbocycles. The highest BCUT2D eigenvalue weighted by atomic mass is 19.4. The number of anilines is 1. The van der Waals surface area contributed by atoms with Crippen molar-refractivity contribution >= 4 is 17.5 Å². The van der Waals surface area contributed by atoms with E-state index >= 15 is 0 Å². The molecule has 0 bridgehead atoms. The fourth-order valence-corrected chi connectivity index (χ4v) is 3.16. The number of aryl methyl sites for hydroxylation is 1. The van der Waals surface area contributed by atoms with Gasteiger partial charge in [0.25, 0.3) is 5.91 Å². The molecule has 1 unspecified atom stereocenters. The second-order valence-electron chi connectivity index (χ2n) is 7.69. The highest BCUT2D eigenvalue weighted by Gasteiger charge is 2.32. The summed E-state index contributed by atoms with van der Waals surface area (Å²) in [4.78, 5) is 24.1. The molecular formula is C24H20F5N3O3. The van der Waals surface area contributed by atoms with Gasteiger partial charge in [0.2, 0.25) is 5.91 Å². The molecule has 6 nitrogen and oxygen atoms in total. The van der Waals surface area contributed by atoms with Gasteiger partial charge in [0.05, 0.1) is 17.2 Å². The largest absolute Gasteiger partial charge is 0.456 e. The van der Waals surface area contributed by atoms with Gasteiger partial charge < -0.3 is 21.5 Å². The summed E-state index contributed by atoms with van der Waals surface area (Å²) in [5, 5.41) is 2.39. The van der Waals surface area contributed by atoms with E-state index in [0.717, 1.165) is 30.3 Å². The van der Waals surface area contributed by atoms with Gasteiger partial charge in [0.15, 0.2) is 0 Å². The van der Waals surface area contributed by atoms with Crippen molar-refractivity contribution in [3.63, 3.8) is 0 Å². The zero-order chi connectivity index (χ0) is 25.9. The van der Waals surface area contributed by atoms with Crippen molar-refractivity contribution < 1.29 is 36.3 Å². The van der Waals surface area contributed by atoms with Crippen LogP contribution in [0.4, 0.5) is 27.6 Å². The molecule has 11 heteroatoms. The molecular weight excluding hydrogens is 473 g/mol. The molecule has 1 atom stereocenters. The monoisotopic (exact) mass is 493 g/mol. The first-order chi connectivity index (χ1) is 16.3. The van der Waals surface area contributed by atoms with E-state index in [1.807, 2.05) is 0 Å². The Bertz CT molecular complexity index is 1280. The van der Waals surface area contributed by atoms with Crippen molar-refractivity contribution in [2.75, 3.05) is 5.32 Å². The minimum absolute atomic E-state index is 0.0310. The van der Waals surface area contributed by atoms with Gasteiger partial charge >= 0.3 is 6.18 Å². The van der Waals surface area contributed by atoms with E-state index in [4.69, 9.17) is 16.2 Å². The summed E-state index contributed by atoms with van der Waals surface area (Å²) in [5.74, 6) is -3.19. The van der Waals surface area contributed by atoms with Gasteiger partial charge in [-0.3, -0.25) is 9.59 Å². The summed E-state index contributed by atoms with van der Waals surface area (Å²) in [6.45, 7) is 1.53. The molecule has 3 rings (SSSR count). The van der Waals surface area contributed by atoms with Gasteiger partial charge in [0, 0.05) is 5.69 Å². The molecule has 0 aromatic heterocycles. The standard InChI is InChI=1S/C24H20F5N3O3/c1-12-8-15(25)3-7-20(12)35-21-6-2-14(24(27,28)29)11-17(21)23(34)32-16-4-5-18(26)13(9-16)10-19(30)22(31)33/h2-9,11,19H,10,30H2,1H3,(H2,31,33)(H,32,34). The smallest absolute Gasteiger partial charge is 0.416 e. The summed E-state index contributed by atoms with van der Waals surface area (Å²) in [7, 11) is 0. The van der Waals surface area contributed by atoms with Crippen molar-refractivity contribution in [2.24, 2.45) is 11.5 Å². The maximum absolute atomic E-state index is 14.1. The normalized spacial score (nSPS) is 12.2. The molecule has 0 radical (unpaired) electrons. The van der Waals surface area contributed by atoms with Crippen LogP contribution in [-0.4, -0.2) is 17.9 Å². The number of hydrogen-bond donors (Lipinski definition) is 3. The zero-order valence-electron chi connectivity index (χ0n) is 18.2. The number of alkyl halides is 3. The first-order valence-corrected chi connectivity index (χ1v) is 10.1. The van der Waals surface area contributed by atoms with Crippen LogP contribution in [0.15, 0.2) is 54.6 Å². The van der Waals surface area contributed by atoms with Crippen LogP contribution in [0.25, 0.3) is 0 Å². The topological polar surface area (TPSA) is 107 Å². The van der Waals surface area contributed by atoms with E-state index in [1.165, 1.54) is 25.1 Å². The summed E-state index contributed by atoms with van der Waals surface area (Å²) in [6.07, 6.45) is -5.00. The molecule has 3 aromatic rings. The molecule has 35 heavy (non-hydrogen) atoms. The minimum atomic E-state index is -4.74. The predicted molar refractivity (Wildman–Crippen MR) is 118 cm³/mol. The third-order valence-electron chi connectivity index (χ3n) is 5.02. The molecule has 0 saturated heterocycles. The number of carbonyl (C=O) groups excluding carboxylic acids is 2. The van der Waals surface area contributed by atoms with E-state index in [9.17, 15) is 31.5 Å². The molecule has 2 amide bonds. The number of ether oxygens (including phenoxy) is 1. The lowest BCUT2D eigenvalue weighted by molar-refractivity contribution is -0.137. The second kappa shape index (κ2) is 10.1. The highest BCUT2D eigenvalue weighted by molar-refractivity contribution is 6.06. The Kier molecular flexibility index (Phi) is 7.39. The number of nitrogens with one attached hydrogen (secondary N) is 1. The molecule has 5 N–H and O–H groups in total. The molecule has 0 saturated carbocycles. The van der Waals surface area contributed by atoms with Crippen LogP contribution in [-0.2, 0) is 17.4 Å². The molecule has 3 aromatic carbocycles. The summed E-state index contributed by atoms with van der Waals surface area (Å²) >= 11 is 0. The van der Waals surface area contributed by atoms with Gasteiger partial charge in [-0.15, -0.1) is 0 Å². The van der Waals surface area contributed by atoms with E-state index in [1.54, 1.807) is 0 Å². The third-order valence-corrected chi connectivity index (χ3v) is 5.02. The Labute approximate surface area is 196 Å². The van der Waals surface area contributed by atoms with Crippen LogP contribution in [0.1, 0.15) is 27.0 Å².